The molecule has 0 aromatic heterocycles. The highest BCUT2D eigenvalue weighted by molar-refractivity contribution is 5.78. The first-order valence-corrected chi connectivity index (χ1v) is 27.5. The predicted molar refractivity (Wildman–Crippen MR) is 296 cm³/mol. The largest absolute Gasteiger partial charge is 0.458 e. The van der Waals surface area contributed by atoms with Crippen molar-refractivity contribution < 1.29 is 24.5 Å². The quantitative estimate of drug-likeness (QED) is 0.0244. The van der Waals surface area contributed by atoms with Crippen molar-refractivity contribution in [2.75, 3.05) is 6.61 Å². The van der Waals surface area contributed by atoms with Gasteiger partial charge in [-0.05, 0) is 76.7 Å². The minimum Gasteiger partial charge on any atom is -0.458 e. The van der Waals surface area contributed by atoms with Gasteiger partial charge in [-0.3, -0.25) is 9.59 Å². The van der Waals surface area contributed by atoms with E-state index in [1.807, 2.05) is 54.7 Å². The number of aliphatic hydroxyl groups excluding tert-OH is 2. The van der Waals surface area contributed by atoms with Gasteiger partial charge in [-0.25, -0.2) is 0 Å². The summed E-state index contributed by atoms with van der Waals surface area (Å²) in [5.41, 5.74) is 0. The lowest BCUT2D eigenvalue weighted by atomic mass is 10.0. The molecule has 0 aliphatic heterocycles. The Kier molecular flexibility index (Phi) is 50.8. The Hall–Kier alpha value is -4.00. The zero-order valence-electron chi connectivity index (χ0n) is 43.7. The van der Waals surface area contributed by atoms with Crippen LogP contribution in [0.1, 0.15) is 220 Å². The third-order valence-electron chi connectivity index (χ3n) is 11.6. The molecular formula is C62H101NO5. The topological polar surface area (TPSA) is 95.9 Å². The summed E-state index contributed by atoms with van der Waals surface area (Å²) in [6.07, 6.45) is 76.8. The molecule has 0 bridgehead atoms. The van der Waals surface area contributed by atoms with Gasteiger partial charge < -0.3 is 20.3 Å². The number of esters is 1. The fourth-order valence-corrected chi connectivity index (χ4v) is 7.51. The van der Waals surface area contributed by atoms with Crippen LogP contribution in [0.15, 0.2) is 134 Å². The predicted octanol–water partition coefficient (Wildman–Crippen LogP) is 17.0. The van der Waals surface area contributed by atoms with E-state index in [4.69, 9.17) is 4.74 Å². The van der Waals surface area contributed by atoms with E-state index in [2.05, 4.69) is 99.0 Å². The van der Waals surface area contributed by atoms with Crippen molar-refractivity contribution in [3.05, 3.63) is 134 Å². The van der Waals surface area contributed by atoms with E-state index in [-0.39, 0.29) is 31.3 Å². The molecule has 384 valence electrons. The lowest BCUT2D eigenvalue weighted by Gasteiger charge is -2.23. The summed E-state index contributed by atoms with van der Waals surface area (Å²) < 4.78 is 5.81. The van der Waals surface area contributed by atoms with Gasteiger partial charge in [0.2, 0.25) is 5.91 Å². The van der Waals surface area contributed by atoms with Gasteiger partial charge in [0, 0.05) is 6.42 Å². The maximum Gasteiger partial charge on any atom is 0.306 e. The number of hydrogen-bond acceptors (Lipinski definition) is 5. The van der Waals surface area contributed by atoms with Crippen LogP contribution in [0.5, 0.6) is 0 Å². The molecule has 0 saturated heterocycles. The van der Waals surface area contributed by atoms with E-state index >= 15 is 0 Å². The van der Waals surface area contributed by atoms with E-state index in [9.17, 15) is 19.8 Å². The summed E-state index contributed by atoms with van der Waals surface area (Å²) in [7, 11) is 0. The molecule has 0 fully saturated rings. The molecule has 1 amide bonds. The van der Waals surface area contributed by atoms with Gasteiger partial charge >= 0.3 is 5.97 Å². The first kappa shape index (κ1) is 64.0. The van der Waals surface area contributed by atoms with Gasteiger partial charge in [-0.1, -0.05) is 264 Å². The summed E-state index contributed by atoms with van der Waals surface area (Å²) in [4.78, 5) is 26.2. The highest BCUT2D eigenvalue weighted by atomic mass is 16.5. The van der Waals surface area contributed by atoms with Crippen LogP contribution in [0.4, 0.5) is 0 Å². The summed E-state index contributed by atoms with van der Waals surface area (Å²) in [5.74, 6) is -0.691. The molecule has 0 aromatic rings. The van der Waals surface area contributed by atoms with E-state index in [1.54, 1.807) is 6.08 Å². The zero-order valence-corrected chi connectivity index (χ0v) is 43.7. The molecule has 68 heavy (non-hydrogen) atoms. The molecule has 3 atom stereocenters. The Labute approximate surface area is 418 Å². The highest BCUT2D eigenvalue weighted by Crippen LogP contribution is 2.16. The van der Waals surface area contributed by atoms with Crippen molar-refractivity contribution in [3.63, 3.8) is 0 Å². The minimum atomic E-state index is -0.838. The second kappa shape index (κ2) is 53.9. The SMILES string of the molecule is CC/C=C\C/C=C\C/C=C\C/C=C\C/C=C\C/C=C\C(CC(=O)NC(CO)C(O)CCCCCCCCCCCCCCCCCCC)OC(=O)CCCCC/C=C/C=C\C=C/C=C/C=C/CC. The fraction of sp³-hybridized carbons (Fsp3) is 0.613. The highest BCUT2D eigenvalue weighted by Gasteiger charge is 2.23. The number of allylic oxidation sites excluding steroid dienone is 21. The Bertz CT molecular complexity index is 1470. The van der Waals surface area contributed by atoms with Crippen LogP contribution in [0, 0.1) is 0 Å². The number of carbonyl (C=O) groups excluding carboxylic acids is 2. The molecule has 6 heteroatoms. The van der Waals surface area contributed by atoms with Gasteiger partial charge in [0.15, 0.2) is 0 Å². The second-order valence-electron chi connectivity index (χ2n) is 18.0. The van der Waals surface area contributed by atoms with E-state index < -0.39 is 18.2 Å². The number of unbranched alkanes of at least 4 members (excludes halogenated alkanes) is 19. The number of rotatable bonds is 47. The van der Waals surface area contributed by atoms with Gasteiger partial charge in [0.25, 0.3) is 0 Å². The molecule has 0 aromatic carbocycles. The molecule has 3 N–H and O–H groups in total. The van der Waals surface area contributed by atoms with Crippen molar-refractivity contribution >= 4 is 11.9 Å². The fourth-order valence-electron chi connectivity index (χ4n) is 7.51. The third-order valence-corrected chi connectivity index (χ3v) is 11.6. The summed E-state index contributed by atoms with van der Waals surface area (Å²) in [6.45, 7) is 6.18. The molecule has 0 aliphatic rings. The second-order valence-corrected chi connectivity index (χ2v) is 18.0. The molecular weight excluding hydrogens is 839 g/mol. The van der Waals surface area contributed by atoms with Crippen LogP contribution < -0.4 is 5.32 Å². The standard InChI is InChI=1S/C62H101NO5/c1-4-7-10-13-16-19-22-25-28-30-33-35-38-41-44-47-50-53-58(68-62(67)55-52-49-46-43-40-37-32-27-24-21-18-15-12-9-6-3)56-61(66)63-59(57-64)60(65)54-51-48-45-42-39-36-34-31-29-26-23-20-17-14-11-8-5-2/h7,9-10,12,15-16,18-19,21,24-25,27-28,32-33,35,37,40-41,44,50,53,58-60,64-65H,4-6,8,11,13-14,17,20,22-23,26,29-31,34,36,38-39,42-43,45-49,51-52,54-57H2,1-3H3,(H,63,66)/b10-7-,12-9+,18-15+,19-16-,24-21-,28-25-,32-27-,35-33-,40-37+,44-41-,53-50-. The first-order chi connectivity index (χ1) is 33.5. The van der Waals surface area contributed by atoms with Crippen molar-refractivity contribution in [2.24, 2.45) is 0 Å². The van der Waals surface area contributed by atoms with Crippen molar-refractivity contribution in [1.82, 2.24) is 5.32 Å². The number of hydrogen-bond donors (Lipinski definition) is 3. The normalized spacial score (nSPS) is 14.2. The van der Waals surface area contributed by atoms with Crippen LogP contribution in [0.25, 0.3) is 0 Å². The maximum absolute atomic E-state index is 13.2. The smallest absolute Gasteiger partial charge is 0.306 e. The number of carbonyl (C=O) groups is 2. The maximum atomic E-state index is 13.2. The number of amides is 1. The third kappa shape index (κ3) is 48.5. The number of aliphatic hydroxyl groups is 2. The monoisotopic (exact) mass is 940 g/mol. The van der Waals surface area contributed by atoms with E-state index in [0.717, 1.165) is 77.0 Å². The van der Waals surface area contributed by atoms with E-state index in [0.29, 0.717) is 19.3 Å². The summed E-state index contributed by atoms with van der Waals surface area (Å²) in [5, 5.41) is 23.8. The van der Waals surface area contributed by atoms with Crippen molar-refractivity contribution in [1.29, 1.82) is 0 Å². The van der Waals surface area contributed by atoms with Gasteiger partial charge in [-0.15, -0.1) is 0 Å². The van der Waals surface area contributed by atoms with Crippen LogP contribution in [-0.2, 0) is 14.3 Å². The van der Waals surface area contributed by atoms with Crippen LogP contribution in [0.3, 0.4) is 0 Å². The van der Waals surface area contributed by atoms with Crippen LogP contribution in [-0.4, -0.2) is 46.9 Å². The molecule has 0 spiro atoms. The average molecular weight is 940 g/mol. The van der Waals surface area contributed by atoms with Gasteiger partial charge in [0.05, 0.1) is 25.2 Å². The summed E-state index contributed by atoms with van der Waals surface area (Å²) >= 11 is 0. The number of nitrogens with one attached hydrogen (secondary N) is 1. The Morgan fingerprint density at radius 1 is 0.471 bits per heavy atom. The molecule has 0 aliphatic carbocycles. The first-order valence-electron chi connectivity index (χ1n) is 27.5. The Morgan fingerprint density at radius 2 is 0.882 bits per heavy atom. The van der Waals surface area contributed by atoms with Crippen molar-refractivity contribution in [3.8, 4) is 0 Å². The molecule has 0 radical (unpaired) electrons. The van der Waals surface area contributed by atoms with Crippen LogP contribution in [0.2, 0.25) is 0 Å². The Balaban J connectivity index is 4.81. The molecule has 0 saturated carbocycles. The lowest BCUT2D eigenvalue weighted by molar-refractivity contribution is -0.148. The van der Waals surface area contributed by atoms with Crippen molar-refractivity contribution in [2.45, 2.75) is 238 Å². The summed E-state index contributed by atoms with van der Waals surface area (Å²) in [6, 6.07) is -0.763. The lowest BCUT2D eigenvalue weighted by Crippen LogP contribution is -2.46. The average Bonchev–Trinajstić information content (AvgIpc) is 3.33. The van der Waals surface area contributed by atoms with E-state index in [1.165, 1.54) is 89.9 Å². The molecule has 6 nitrogen and oxygen atoms in total. The molecule has 3 unspecified atom stereocenters. The van der Waals surface area contributed by atoms with Gasteiger partial charge in [0.1, 0.15) is 6.10 Å². The van der Waals surface area contributed by atoms with Crippen LogP contribution >= 0.6 is 0 Å². The minimum absolute atomic E-state index is 0.0735. The van der Waals surface area contributed by atoms with Gasteiger partial charge in [-0.2, -0.15) is 0 Å². The Morgan fingerprint density at radius 3 is 1.35 bits per heavy atom. The number of ether oxygens (including phenoxy) is 1. The molecule has 0 rings (SSSR count). The molecule has 0 heterocycles. The zero-order chi connectivity index (χ0) is 49.5.